The smallest absolute Gasteiger partial charge is 0.446 e. The first kappa shape index (κ1) is 28.9. The normalized spacial score (nSPS) is 11.2. The molecule has 0 aliphatic carbocycles. The number of alkyl halides is 3. The van der Waals surface area contributed by atoms with E-state index in [9.17, 15) is 35.9 Å². The summed E-state index contributed by atoms with van der Waals surface area (Å²) in [5, 5.41) is 0. The molecule has 0 heterocycles. The number of anilines is 1. The molecular weight excluding hydrogens is 538 g/mol. The van der Waals surface area contributed by atoms with Crippen LogP contribution in [-0.4, -0.2) is 49.3 Å². The Hall–Kier alpha value is -3.71. The monoisotopic (exact) mass is 558 g/mol. The van der Waals surface area contributed by atoms with E-state index < -0.39 is 76.1 Å². The van der Waals surface area contributed by atoms with Crippen LogP contribution in [0.4, 0.5) is 36.8 Å². The Balaban J connectivity index is 1.96. The number of methoxy groups -OCH3 is 1. The number of hydrogen-bond donors (Lipinski definition) is 0. The third kappa shape index (κ3) is 7.42. The van der Waals surface area contributed by atoms with E-state index in [0.717, 1.165) is 37.4 Å². The van der Waals surface area contributed by atoms with Gasteiger partial charge in [0.25, 0.3) is 5.91 Å². The molecule has 0 bridgehead atoms. The van der Waals surface area contributed by atoms with Crippen molar-refractivity contribution in [2.24, 2.45) is 0 Å². The van der Waals surface area contributed by atoms with Crippen LogP contribution >= 0.6 is 11.8 Å². The van der Waals surface area contributed by atoms with Gasteiger partial charge in [0, 0.05) is 12.0 Å². The Bertz CT molecular complexity index is 1260. The molecule has 0 aromatic heterocycles. The van der Waals surface area contributed by atoms with Crippen LogP contribution in [0.1, 0.15) is 10.4 Å². The molecule has 0 saturated carbocycles. The van der Waals surface area contributed by atoms with E-state index >= 15 is 0 Å². The second-order valence-corrected chi connectivity index (χ2v) is 8.64. The Kier molecular flexibility index (Phi) is 9.64. The van der Waals surface area contributed by atoms with Crippen molar-refractivity contribution in [1.29, 1.82) is 0 Å². The fraction of sp³-hybridized carbons (Fsp3) is 0.200. The molecule has 0 atom stereocenters. The van der Waals surface area contributed by atoms with Crippen molar-refractivity contribution < 1.29 is 45.4 Å². The maximum absolute atomic E-state index is 14.9. The average Bonchev–Trinajstić information content (AvgIpc) is 2.85. The highest BCUT2D eigenvalue weighted by molar-refractivity contribution is 8.00. The van der Waals surface area contributed by atoms with Gasteiger partial charge in [0.2, 0.25) is 0 Å². The summed E-state index contributed by atoms with van der Waals surface area (Å²) in [6.07, 6.45) is 0. The number of halogens is 6. The molecular formula is C25H20F6N2O4S. The van der Waals surface area contributed by atoms with Gasteiger partial charge in [-0.15, -0.1) is 0 Å². The zero-order chi connectivity index (χ0) is 27.9. The summed E-state index contributed by atoms with van der Waals surface area (Å²) in [6, 6.07) is 12.0. The number of carbonyl (C=O) groups is 2. The van der Waals surface area contributed by atoms with Gasteiger partial charge in [0.05, 0.1) is 12.2 Å². The van der Waals surface area contributed by atoms with Gasteiger partial charge in [-0.3, -0.25) is 14.6 Å². The number of benzene rings is 3. The van der Waals surface area contributed by atoms with E-state index in [1.54, 1.807) is 30.3 Å². The van der Waals surface area contributed by atoms with E-state index in [0.29, 0.717) is 21.6 Å². The molecule has 0 N–H and O–H groups in total. The first-order chi connectivity index (χ1) is 18.0. The number of nitrogens with zero attached hydrogens (tertiary/aromatic N) is 2. The highest BCUT2D eigenvalue weighted by Crippen LogP contribution is 2.38. The molecule has 0 radical (unpaired) electrons. The number of para-hydroxylation sites is 1. The number of imide groups is 1. The van der Waals surface area contributed by atoms with Crippen molar-refractivity contribution in [3.63, 3.8) is 0 Å². The standard InChI is InChI=1S/C25H20F6N2O4S/c1-36-15-33(21-11-10-17(14-20(21)28)38-25(29,30)31)24(35)32(12-13-37-16-6-3-2-4-7-16)23(34)22-18(26)8-5-9-19(22)27/h2-11,14H,12-13,15H2,1H3. The molecule has 3 aromatic carbocycles. The van der Waals surface area contributed by atoms with Crippen molar-refractivity contribution in [2.45, 2.75) is 10.4 Å². The zero-order valence-electron chi connectivity index (χ0n) is 19.7. The number of ether oxygens (including phenoxy) is 2. The van der Waals surface area contributed by atoms with E-state index in [1.165, 1.54) is 0 Å². The molecule has 3 rings (SSSR count). The van der Waals surface area contributed by atoms with Gasteiger partial charge in [0.15, 0.2) is 0 Å². The molecule has 3 amide bonds. The number of urea groups is 1. The quantitative estimate of drug-likeness (QED) is 0.171. The number of hydrogen-bond acceptors (Lipinski definition) is 5. The van der Waals surface area contributed by atoms with Crippen LogP contribution in [0, 0.1) is 17.5 Å². The molecule has 6 nitrogen and oxygen atoms in total. The molecule has 0 spiro atoms. The zero-order valence-corrected chi connectivity index (χ0v) is 20.5. The second-order valence-electron chi connectivity index (χ2n) is 7.50. The van der Waals surface area contributed by atoms with Crippen LogP contribution in [0.3, 0.4) is 0 Å². The molecule has 0 aliphatic rings. The SMILES string of the molecule is COCN(C(=O)N(CCOc1ccccc1)C(=O)c1c(F)cccc1F)c1ccc(SC(F)(F)F)cc1F. The highest BCUT2D eigenvalue weighted by atomic mass is 32.2. The molecule has 0 unspecified atom stereocenters. The Labute approximate surface area is 217 Å². The lowest BCUT2D eigenvalue weighted by Crippen LogP contribution is -2.49. The number of rotatable bonds is 9. The molecule has 0 saturated heterocycles. The van der Waals surface area contributed by atoms with Gasteiger partial charge in [-0.1, -0.05) is 24.3 Å². The predicted octanol–water partition coefficient (Wildman–Crippen LogP) is 6.47. The number of thioether (sulfide) groups is 1. The van der Waals surface area contributed by atoms with Gasteiger partial charge >= 0.3 is 11.5 Å². The topological polar surface area (TPSA) is 59.1 Å². The fourth-order valence-corrected chi connectivity index (χ4v) is 3.86. The minimum atomic E-state index is -4.68. The Morgan fingerprint density at radius 3 is 2.13 bits per heavy atom. The molecule has 0 fully saturated rings. The molecule has 38 heavy (non-hydrogen) atoms. The highest BCUT2D eigenvalue weighted by Gasteiger charge is 2.34. The largest absolute Gasteiger partial charge is 0.492 e. The predicted molar refractivity (Wildman–Crippen MR) is 127 cm³/mol. The van der Waals surface area contributed by atoms with Crippen LogP contribution < -0.4 is 9.64 Å². The van der Waals surface area contributed by atoms with Gasteiger partial charge in [-0.05, 0) is 54.2 Å². The van der Waals surface area contributed by atoms with Crippen LogP contribution in [0.25, 0.3) is 0 Å². The van der Waals surface area contributed by atoms with Crippen molar-refractivity contribution in [2.75, 3.05) is 31.9 Å². The minimum Gasteiger partial charge on any atom is -0.492 e. The molecule has 0 aliphatic heterocycles. The second kappa shape index (κ2) is 12.7. The maximum atomic E-state index is 14.9. The third-order valence-corrected chi connectivity index (χ3v) is 5.63. The average molecular weight is 559 g/mol. The lowest BCUT2D eigenvalue weighted by Gasteiger charge is -2.29. The van der Waals surface area contributed by atoms with E-state index in [4.69, 9.17) is 9.47 Å². The van der Waals surface area contributed by atoms with Crippen molar-refractivity contribution in [3.05, 3.63) is 89.7 Å². The van der Waals surface area contributed by atoms with E-state index in [1.807, 2.05) is 0 Å². The summed E-state index contributed by atoms with van der Waals surface area (Å²) in [5.41, 5.74) is -6.24. The number of carbonyl (C=O) groups excluding carboxylic acids is 2. The Morgan fingerprint density at radius 2 is 1.55 bits per heavy atom. The minimum absolute atomic E-state index is 0.304. The van der Waals surface area contributed by atoms with E-state index in [-0.39, 0.29) is 6.61 Å². The Morgan fingerprint density at radius 1 is 0.895 bits per heavy atom. The van der Waals surface area contributed by atoms with Crippen LogP contribution in [-0.2, 0) is 4.74 Å². The van der Waals surface area contributed by atoms with Crippen molar-refractivity contribution in [3.8, 4) is 5.75 Å². The van der Waals surface area contributed by atoms with Gasteiger partial charge in [0.1, 0.15) is 42.1 Å². The van der Waals surface area contributed by atoms with E-state index in [2.05, 4.69) is 0 Å². The molecule has 13 heteroatoms. The molecule has 3 aromatic rings. The number of amides is 3. The summed E-state index contributed by atoms with van der Waals surface area (Å²) in [4.78, 5) is 27.2. The lowest BCUT2D eigenvalue weighted by molar-refractivity contribution is -0.0328. The summed E-state index contributed by atoms with van der Waals surface area (Å²) in [7, 11) is 1.15. The summed E-state index contributed by atoms with van der Waals surface area (Å²) in [5.74, 6) is -4.71. The van der Waals surface area contributed by atoms with Crippen molar-refractivity contribution in [1.82, 2.24) is 4.90 Å². The maximum Gasteiger partial charge on any atom is 0.446 e. The van der Waals surface area contributed by atoms with Gasteiger partial charge in [-0.2, -0.15) is 13.2 Å². The fourth-order valence-electron chi connectivity index (χ4n) is 3.30. The first-order valence-electron chi connectivity index (χ1n) is 10.8. The summed E-state index contributed by atoms with van der Waals surface area (Å²) >= 11 is -0.561. The third-order valence-electron chi connectivity index (χ3n) is 4.91. The van der Waals surface area contributed by atoms with Gasteiger partial charge in [-0.25, -0.2) is 18.0 Å². The molecule has 202 valence electrons. The van der Waals surface area contributed by atoms with Crippen LogP contribution in [0.5, 0.6) is 5.75 Å². The van der Waals surface area contributed by atoms with Gasteiger partial charge < -0.3 is 9.47 Å². The first-order valence-corrected chi connectivity index (χ1v) is 11.6. The van der Waals surface area contributed by atoms with Crippen molar-refractivity contribution >= 4 is 29.4 Å². The van der Waals surface area contributed by atoms with Crippen LogP contribution in [0.2, 0.25) is 0 Å². The van der Waals surface area contributed by atoms with Crippen LogP contribution in [0.15, 0.2) is 71.6 Å². The lowest BCUT2D eigenvalue weighted by atomic mass is 10.1. The summed E-state index contributed by atoms with van der Waals surface area (Å²) < 4.78 is 92.2. The summed E-state index contributed by atoms with van der Waals surface area (Å²) in [6.45, 7) is -1.48.